The molecule has 3 rings (SSSR count). The van der Waals surface area contributed by atoms with Crippen molar-refractivity contribution in [3.05, 3.63) is 31.0 Å². The minimum absolute atomic E-state index is 0.183. The second-order valence-electron chi connectivity index (χ2n) is 4.32. The molecule has 1 aliphatic carbocycles. The van der Waals surface area contributed by atoms with Crippen LogP contribution in [0.2, 0.25) is 0 Å². The molecule has 7 nitrogen and oxygen atoms in total. The van der Waals surface area contributed by atoms with Gasteiger partial charge in [0.15, 0.2) is 5.82 Å². The van der Waals surface area contributed by atoms with E-state index in [0.29, 0.717) is 11.5 Å². The normalized spacial score (nSPS) is 16.3. The van der Waals surface area contributed by atoms with Crippen LogP contribution in [0.5, 0.6) is 0 Å². The van der Waals surface area contributed by atoms with Gasteiger partial charge in [-0.2, -0.15) is 5.10 Å². The first-order chi connectivity index (χ1) is 8.69. The summed E-state index contributed by atoms with van der Waals surface area (Å²) in [5.41, 5.74) is 5.70. The van der Waals surface area contributed by atoms with Crippen molar-refractivity contribution in [3.8, 4) is 5.82 Å². The Morgan fingerprint density at radius 3 is 3.00 bits per heavy atom. The summed E-state index contributed by atoms with van der Waals surface area (Å²) in [6.07, 6.45) is 6.00. The molecule has 18 heavy (non-hydrogen) atoms. The molecule has 0 unspecified atom stereocenters. The number of nitrogens with two attached hydrogens (primary N) is 1. The second-order valence-corrected chi connectivity index (χ2v) is 4.32. The van der Waals surface area contributed by atoms with E-state index >= 15 is 0 Å². The zero-order valence-electron chi connectivity index (χ0n) is 9.58. The van der Waals surface area contributed by atoms with Crippen LogP contribution >= 0.6 is 0 Å². The number of aromatic nitrogens is 4. The number of carbonyl (C=O) groups excluding carboxylic acids is 1. The van der Waals surface area contributed by atoms with Gasteiger partial charge in [0.2, 0.25) is 5.91 Å². The third-order valence-corrected chi connectivity index (χ3v) is 2.91. The molecule has 7 heteroatoms. The zero-order chi connectivity index (χ0) is 12.6. The maximum atomic E-state index is 11.9. The van der Waals surface area contributed by atoms with Gasteiger partial charge in [0, 0.05) is 6.20 Å². The average Bonchev–Trinajstić information content (AvgIpc) is 2.93. The number of hydrogen-bond acceptors (Lipinski definition) is 5. The molecule has 0 radical (unpaired) electrons. The molecule has 0 bridgehead atoms. The van der Waals surface area contributed by atoms with Gasteiger partial charge in [-0.3, -0.25) is 4.79 Å². The van der Waals surface area contributed by atoms with E-state index in [2.05, 4.69) is 20.4 Å². The molecule has 2 heterocycles. The summed E-state index contributed by atoms with van der Waals surface area (Å²) in [6, 6.07) is 3.50. The van der Waals surface area contributed by atoms with Gasteiger partial charge in [0.25, 0.3) is 0 Å². The maximum absolute atomic E-state index is 11.9. The Balaban J connectivity index is 1.90. The van der Waals surface area contributed by atoms with Crippen molar-refractivity contribution < 1.29 is 4.79 Å². The third-order valence-electron chi connectivity index (χ3n) is 2.91. The Hall–Kier alpha value is -2.28. The van der Waals surface area contributed by atoms with Crippen LogP contribution in [-0.2, 0) is 4.79 Å². The summed E-state index contributed by atoms with van der Waals surface area (Å²) in [4.78, 5) is 19.9. The highest BCUT2D eigenvalue weighted by Gasteiger charge is 2.46. The quantitative estimate of drug-likeness (QED) is 0.797. The van der Waals surface area contributed by atoms with E-state index in [4.69, 9.17) is 5.73 Å². The fraction of sp³-hybridized carbons (Fsp3) is 0.273. The number of rotatable bonds is 3. The third kappa shape index (κ3) is 1.84. The van der Waals surface area contributed by atoms with Crippen molar-refractivity contribution in [1.29, 1.82) is 0 Å². The van der Waals surface area contributed by atoms with E-state index < -0.39 is 5.54 Å². The lowest BCUT2D eigenvalue weighted by atomic mass is 10.2. The number of amides is 1. The molecule has 1 aliphatic rings. The molecule has 1 amide bonds. The number of nitrogens with one attached hydrogen (secondary N) is 1. The van der Waals surface area contributed by atoms with Gasteiger partial charge < -0.3 is 11.1 Å². The minimum Gasteiger partial charge on any atom is -0.321 e. The molecule has 0 aromatic carbocycles. The van der Waals surface area contributed by atoms with Gasteiger partial charge in [-0.25, -0.2) is 14.6 Å². The largest absolute Gasteiger partial charge is 0.321 e. The Kier molecular flexibility index (Phi) is 2.34. The smallest absolute Gasteiger partial charge is 0.244 e. The molecule has 1 fully saturated rings. The number of hydrogen-bond donors (Lipinski definition) is 2. The van der Waals surface area contributed by atoms with Crippen LogP contribution in [0.25, 0.3) is 5.82 Å². The summed E-state index contributed by atoms with van der Waals surface area (Å²) in [5, 5.41) is 6.78. The standard InChI is InChI=1S/C11H12N6O/c12-11(3-4-11)10(18)16-8-2-1-5-14-9(8)17-7-13-6-15-17/h1-2,5-7H,3-4,12H2,(H,16,18). The highest BCUT2D eigenvalue weighted by molar-refractivity contribution is 6.01. The van der Waals surface area contributed by atoms with Crippen LogP contribution in [0.4, 0.5) is 5.69 Å². The molecule has 3 N–H and O–H groups in total. The predicted molar refractivity (Wildman–Crippen MR) is 63.9 cm³/mol. The first-order valence-electron chi connectivity index (χ1n) is 5.59. The van der Waals surface area contributed by atoms with Gasteiger partial charge in [-0.05, 0) is 25.0 Å². The summed E-state index contributed by atoms with van der Waals surface area (Å²) in [7, 11) is 0. The molecule has 2 aromatic rings. The topological polar surface area (TPSA) is 98.7 Å². The molecule has 0 aliphatic heterocycles. The Morgan fingerprint density at radius 1 is 1.50 bits per heavy atom. The van der Waals surface area contributed by atoms with E-state index in [1.807, 2.05) is 0 Å². The molecule has 0 atom stereocenters. The van der Waals surface area contributed by atoms with E-state index in [1.54, 1.807) is 18.3 Å². The van der Waals surface area contributed by atoms with Crippen molar-refractivity contribution in [3.63, 3.8) is 0 Å². The zero-order valence-corrected chi connectivity index (χ0v) is 9.58. The van der Waals surface area contributed by atoms with Gasteiger partial charge >= 0.3 is 0 Å². The van der Waals surface area contributed by atoms with Crippen LogP contribution in [0.15, 0.2) is 31.0 Å². The molecule has 0 saturated heterocycles. The van der Waals surface area contributed by atoms with E-state index in [1.165, 1.54) is 17.3 Å². The van der Waals surface area contributed by atoms with Crippen LogP contribution in [0.1, 0.15) is 12.8 Å². The second kappa shape index (κ2) is 3.88. The van der Waals surface area contributed by atoms with Crippen LogP contribution in [0, 0.1) is 0 Å². The number of carbonyl (C=O) groups is 1. The van der Waals surface area contributed by atoms with Gasteiger partial charge in [0.1, 0.15) is 12.7 Å². The number of anilines is 1. The fourth-order valence-corrected chi connectivity index (χ4v) is 1.60. The monoisotopic (exact) mass is 244 g/mol. The summed E-state index contributed by atoms with van der Waals surface area (Å²) >= 11 is 0. The molecular weight excluding hydrogens is 232 g/mol. The van der Waals surface area contributed by atoms with E-state index in [0.717, 1.165) is 12.8 Å². The van der Waals surface area contributed by atoms with E-state index in [9.17, 15) is 4.79 Å². The SMILES string of the molecule is NC1(C(=O)Nc2cccnc2-n2cncn2)CC1. The Morgan fingerprint density at radius 2 is 2.33 bits per heavy atom. The lowest BCUT2D eigenvalue weighted by Crippen LogP contribution is -2.38. The summed E-state index contributed by atoms with van der Waals surface area (Å²) in [6.45, 7) is 0. The Labute approximate surface area is 103 Å². The van der Waals surface area contributed by atoms with Crippen molar-refractivity contribution in [1.82, 2.24) is 19.7 Å². The predicted octanol–water partition coefficient (Wildman–Crippen LogP) is 0.0921. The highest BCUT2D eigenvalue weighted by atomic mass is 16.2. The van der Waals surface area contributed by atoms with Crippen LogP contribution < -0.4 is 11.1 Å². The van der Waals surface area contributed by atoms with Crippen molar-refractivity contribution in [2.24, 2.45) is 5.73 Å². The van der Waals surface area contributed by atoms with Crippen molar-refractivity contribution in [2.45, 2.75) is 18.4 Å². The van der Waals surface area contributed by atoms with Crippen molar-refractivity contribution in [2.75, 3.05) is 5.32 Å². The van der Waals surface area contributed by atoms with Gasteiger partial charge in [-0.1, -0.05) is 0 Å². The fourth-order valence-electron chi connectivity index (χ4n) is 1.60. The minimum atomic E-state index is -0.713. The maximum Gasteiger partial charge on any atom is 0.244 e. The highest BCUT2D eigenvalue weighted by Crippen LogP contribution is 2.33. The molecule has 0 spiro atoms. The summed E-state index contributed by atoms with van der Waals surface area (Å²) in [5.74, 6) is 0.337. The summed E-state index contributed by atoms with van der Waals surface area (Å²) < 4.78 is 1.49. The van der Waals surface area contributed by atoms with Gasteiger partial charge in [-0.15, -0.1) is 0 Å². The van der Waals surface area contributed by atoms with Crippen LogP contribution in [-0.4, -0.2) is 31.2 Å². The first-order valence-corrected chi connectivity index (χ1v) is 5.59. The molecular formula is C11H12N6O. The number of nitrogens with zero attached hydrogens (tertiary/aromatic N) is 4. The lowest BCUT2D eigenvalue weighted by Gasteiger charge is -2.12. The van der Waals surface area contributed by atoms with Crippen LogP contribution in [0.3, 0.4) is 0 Å². The molecule has 2 aromatic heterocycles. The molecule has 92 valence electrons. The number of pyridine rings is 1. The van der Waals surface area contributed by atoms with E-state index in [-0.39, 0.29) is 5.91 Å². The first kappa shape index (κ1) is 10.8. The lowest BCUT2D eigenvalue weighted by molar-refractivity contribution is -0.118. The molecule has 1 saturated carbocycles. The van der Waals surface area contributed by atoms with Crippen molar-refractivity contribution >= 4 is 11.6 Å². The Bertz CT molecular complexity index is 575. The van der Waals surface area contributed by atoms with Gasteiger partial charge in [0.05, 0.1) is 11.2 Å². The average molecular weight is 244 g/mol.